The summed E-state index contributed by atoms with van der Waals surface area (Å²) in [6, 6.07) is 6.11. The molecule has 4 nitrogen and oxygen atoms in total. The van der Waals surface area contributed by atoms with E-state index in [9.17, 15) is 9.90 Å². The Labute approximate surface area is 140 Å². The topological polar surface area (TPSA) is 49.8 Å². The normalized spacial score (nSPS) is 11.9. The summed E-state index contributed by atoms with van der Waals surface area (Å²) in [5, 5.41) is 9.45. The maximum absolute atomic E-state index is 12.7. The van der Waals surface area contributed by atoms with Crippen LogP contribution in [-0.2, 0) is 4.74 Å². The average Bonchev–Trinajstić information content (AvgIpc) is 2.41. The highest BCUT2D eigenvalue weighted by molar-refractivity contribution is 5.90. The van der Waals surface area contributed by atoms with E-state index in [1.165, 1.54) is 0 Å². The number of rotatable bonds is 5. The standard InChI is InChI=1S/C19H31NO3/c1-13(2)15-9-8-10-16(14(3)4)17(15)20(11-12-21)18(22)23-19(5,6)7/h8-10,13-14,21H,11-12H2,1-7H3. The molecule has 0 aliphatic rings. The van der Waals surface area contributed by atoms with Crippen LogP contribution in [-0.4, -0.2) is 30.0 Å². The number of hydrogen-bond acceptors (Lipinski definition) is 3. The lowest BCUT2D eigenvalue weighted by Gasteiger charge is -2.31. The van der Waals surface area contributed by atoms with Gasteiger partial charge < -0.3 is 9.84 Å². The first-order valence-corrected chi connectivity index (χ1v) is 8.32. The summed E-state index contributed by atoms with van der Waals surface area (Å²) in [4.78, 5) is 14.3. The number of aliphatic hydroxyl groups is 1. The van der Waals surface area contributed by atoms with E-state index in [0.29, 0.717) is 0 Å². The minimum atomic E-state index is -0.574. The Morgan fingerprint density at radius 3 is 1.96 bits per heavy atom. The van der Waals surface area contributed by atoms with Crippen molar-refractivity contribution < 1.29 is 14.6 Å². The first-order valence-electron chi connectivity index (χ1n) is 8.32. The van der Waals surface area contributed by atoms with E-state index >= 15 is 0 Å². The molecule has 0 spiro atoms. The van der Waals surface area contributed by atoms with Gasteiger partial charge in [-0.2, -0.15) is 0 Å². The molecule has 1 N–H and O–H groups in total. The van der Waals surface area contributed by atoms with Gasteiger partial charge in [-0.3, -0.25) is 4.90 Å². The number of aliphatic hydroxyl groups excluding tert-OH is 1. The third-order valence-corrected chi connectivity index (χ3v) is 3.55. The summed E-state index contributed by atoms with van der Waals surface area (Å²) in [6.45, 7) is 14.1. The van der Waals surface area contributed by atoms with Gasteiger partial charge in [0.1, 0.15) is 5.60 Å². The molecule has 0 atom stereocenters. The average molecular weight is 321 g/mol. The monoisotopic (exact) mass is 321 g/mol. The van der Waals surface area contributed by atoms with Crippen LogP contribution in [0.15, 0.2) is 18.2 Å². The van der Waals surface area contributed by atoms with Crippen molar-refractivity contribution in [2.45, 2.75) is 65.9 Å². The number of para-hydroxylation sites is 1. The first-order chi connectivity index (χ1) is 10.6. The number of nitrogens with zero attached hydrogens (tertiary/aromatic N) is 1. The molecule has 1 rings (SSSR count). The molecular weight excluding hydrogens is 290 g/mol. The fourth-order valence-electron chi connectivity index (χ4n) is 2.53. The zero-order chi connectivity index (χ0) is 17.8. The minimum Gasteiger partial charge on any atom is -0.443 e. The summed E-state index contributed by atoms with van der Waals surface area (Å²) < 4.78 is 5.55. The predicted molar refractivity (Wildman–Crippen MR) is 95.3 cm³/mol. The van der Waals surface area contributed by atoms with E-state index in [4.69, 9.17) is 4.74 Å². The number of hydrogen-bond donors (Lipinski definition) is 1. The van der Waals surface area contributed by atoms with Gasteiger partial charge in [0, 0.05) is 0 Å². The fraction of sp³-hybridized carbons (Fsp3) is 0.632. The molecule has 0 unspecified atom stereocenters. The quantitative estimate of drug-likeness (QED) is 0.857. The van der Waals surface area contributed by atoms with E-state index in [2.05, 4.69) is 27.7 Å². The van der Waals surface area contributed by atoms with Crippen molar-refractivity contribution >= 4 is 11.8 Å². The zero-order valence-electron chi connectivity index (χ0n) is 15.5. The van der Waals surface area contributed by atoms with Gasteiger partial charge >= 0.3 is 6.09 Å². The molecule has 0 saturated heterocycles. The van der Waals surface area contributed by atoms with Gasteiger partial charge in [-0.05, 0) is 43.7 Å². The Hall–Kier alpha value is -1.55. The lowest BCUT2D eigenvalue weighted by atomic mass is 9.92. The largest absolute Gasteiger partial charge is 0.443 e. The Morgan fingerprint density at radius 1 is 1.13 bits per heavy atom. The van der Waals surface area contributed by atoms with Crippen LogP contribution < -0.4 is 4.90 Å². The molecule has 0 saturated carbocycles. The van der Waals surface area contributed by atoms with Crippen LogP contribution in [0, 0.1) is 0 Å². The summed E-state index contributed by atoms with van der Waals surface area (Å²) in [6.07, 6.45) is -0.415. The number of benzene rings is 1. The second-order valence-electron chi connectivity index (χ2n) is 7.45. The van der Waals surface area contributed by atoms with E-state index < -0.39 is 11.7 Å². The van der Waals surface area contributed by atoms with Gasteiger partial charge in [-0.15, -0.1) is 0 Å². The van der Waals surface area contributed by atoms with Crippen LogP contribution in [0.1, 0.15) is 71.4 Å². The summed E-state index contributed by atoms with van der Waals surface area (Å²) >= 11 is 0. The van der Waals surface area contributed by atoms with Crippen LogP contribution in [0.5, 0.6) is 0 Å². The maximum Gasteiger partial charge on any atom is 0.414 e. The van der Waals surface area contributed by atoms with E-state index in [0.717, 1.165) is 16.8 Å². The molecule has 1 aromatic rings. The lowest BCUT2D eigenvalue weighted by Crippen LogP contribution is -2.39. The molecule has 4 heteroatoms. The van der Waals surface area contributed by atoms with Gasteiger partial charge in [-0.25, -0.2) is 4.79 Å². The zero-order valence-corrected chi connectivity index (χ0v) is 15.5. The number of ether oxygens (including phenoxy) is 1. The third kappa shape index (κ3) is 5.24. The van der Waals surface area contributed by atoms with Crippen LogP contribution in [0.3, 0.4) is 0 Å². The first kappa shape index (κ1) is 19.5. The van der Waals surface area contributed by atoms with Gasteiger partial charge in [0.05, 0.1) is 18.8 Å². The van der Waals surface area contributed by atoms with Crippen molar-refractivity contribution in [3.8, 4) is 0 Å². The SMILES string of the molecule is CC(C)c1cccc(C(C)C)c1N(CCO)C(=O)OC(C)(C)C. The Bertz CT molecular complexity index is 504. The van der Waals surface area contributed by atoms with E-state index in [1.54, 1.807) is 4.90 Å². The van der Waals surface area contributed by atoms with Crippen molar-refractivity contribution in [1.29, 1.82) is 0 Å². The molecule has 0 radical (unpaired) electrons. The number of carbonyl (C=O) groups is 1. The highest BCUT2D eigenvalue weighted by atomic mass is 16.6. The highest BCUT2D eigenvalue weighted by Crippen LogP contribution is 2.36. The van der Waals surface area contributed by atoms with Gasteiger partial charge in [0.25, 0.3) is 0 Å². The second-order valence-corrected chi connectivity index (χ2v) is 7.45. The van der Waals surface area contributed by atoms with Gasteiger partial charge in [0.15, 0.2) is 0 Å². The van der Waals surface area contributed by atoms with Crippen LogP contribution >= 0.6 is 0 Å². The van der Waals surface area contributed by atoms with Crippen molar-refractivity contribution in [2.75, 3.05) is 18.1 Å². The summed E-state index contributed by atoms with van der Waals surface area (Å²) in [5.41, 5.74) is 2.49. The summed E-state index contributed by atoms with van der Waals surface area (Å²) in [7, 11) is 0. The number of amides is 1. The van der Waals surface area contributed by atoms with E-state index in [1.807, 2.05) is 39.0 Å². The van der Waals surface area contributed by atoms with E-state index in [-0.39, 0.29) is 25.0 Å². The molecule has 0 bridgehead atoms. The predicted octanol–water partition coefficient (Wildman–Crippen LogP) is 4.67. The smallest absolute Gasteiger partial charge is 0.414 e. The molecule has 23 heavy (non-hydrogen) atoms. The fourth-order valence-corrected chi connectivity index (χ4v) is 2.53. The number of carbonyl (C=O) groups excluding carboxylic acids is 1. The lowest BCUT2D eigenvalue weighted by molar-refractivity contribution is 0.0573. The Morgan fingerprint density at radius 2 is 1.61 bits per heavy atom. The maximum atomic E-state index is 12.7. The molecule has 0 aliphatic heterocycles. The van der Waals surface area contributed by atoms with Crippen LogP contribution in [0.2, 0.25) is 0 Å². The van der Waals surface area contributed by atoms with Crippen LogP contribution in [0.25, 0.3) is 0 Å². The Balaban J connectivity index is 3.43. The van der Waals surface area contributed by atoms with Crippen LogP contribution in [0.4, 0.5) is 10.5 Å². The molecule has 0 aromatic heterocycles. The van der Waals surface area contributed by atoms with Crippen molar-refractivity contribution in [1.82, 2.24) is 0 Å². The highest BCUT2D eigenvalue weighted by Gasteiger charge is 2.27. The molecular formula is C19H31NO3. The van der Waals surface area contributed by atoms with Crippen molar-refractivity contribution in [2.24, 2.45) is 0 Å². The molecule has 0 heterocycles. The van der Waals surface area contributed by atoms with Gasteiger partial charge in [-0.1, -0.05) is 45.9 Å². The third-order valence-electron chi connectivity index (χ3n) is 3.55. The molecule has 1 amide bonds. The second kappa shape index (κ2) is 7.82. The Kier molecular flexibility index (Phi) is 6.63. The molecule has 0 fully saturated rings. The van der Waals surface area contributed by atoms with Crippen molar-refractivity contribution in [3.63, 3.8) is 0 Å². The number of anilines is 1. The van der Waals surface area contributed by atoms with Crippen molar-refractivity contribution in [3.05, 3.63) is 29.3 Å². The minimum absolute atomic E-state index is 0.108. The summed E-state index contributed by atoms with van der Waals surface area (Å²) in [5.74, 6) is 0.541. The molecule has 130 valence electrons. The molecule has 1 aromatic carbocycles. The van der Waals surface area contributed by atoms with Gasteiger partial charge in [0.2, 0.25) is 0 Å². The molecule has 0 aliphatic carbocycles.